The van der Waals surface area contributed by atoms with Gasteiger partial charge in [-0.15, -0.1) is 6.42 Å². The van der Waals surface area contributed by atoms with Gasteiger partial charge in [-0.1, -0.05) is 67.1 Å². The van der Waals surface area contributed by atoms with Crippen LogP contribution in [0.1, 0.15) is 50.7 Å². The van der Waals surface area contributed by atoms with E-state index >= 15 is 0 Å². The van der Waals surface area contributed by atoms with Crippen molar-refractivity contribution in [3.05, 3.63) is 96.2 Å². The van der Waals surface area contributed by atoms with Gasteiger partial charge in [-0.2, -0.15) is 0 Å². The topological polar surface area (TPSA) is 65.5 Å². The molecule has 1 N–H and O–H groups in total. The Bertz CT molecular complexity index is 1270. The highest BCUT2D eigenvalue weighted by atomic mass is 16.2. The number of hydrogen-bond acceptors (Lipinski definition) is 4. The van der Waals surface area contributed by atoms with E-state index in [-0.39, 0.29) is 23.8 Å². The van der Waals surface area contributed by atoms with Gasteiger partial charge < -0.3 is 15.1 Å². The Morgan fingerprint density at radius 1 is 1.12 bits per heavy atom. The molecule has 2 fully saturated rings. The SMILES string of the molecule is C#Cc1ccc(N2CCC(C(=O)N3CCC(C(=O)N[C@@H](C)C(/C=C\C=C)=C/C)(c4ccccc4)CC3)CC2)nc1. The zero-order chi connectivity index (χ0) is 28.5. The lowest BCUT2D eigenvalue weighted by Gasteiger charge is -2.43. The Labute approximate surface area is 238 Å². The molecule has 4 rings (SSSR count). The lowest BCUT2D eigenvalue weighted by Crippen LogP contribution is -2.55. The molecule has 0 aliphatic carbocycles. The van der Waals surface area contributed by atoms with E-state index in [1.165, 1.54) is 0 Å². The van der Waals surface area contributed by atoms with Crippen molar-refractivity contribution in [1.82, 2.24) is 15.2 Å². The van der Waals surface area contributed by atoms with Crippen LogP contribution in [0.2, 0.25) is 0 Å². The van der Waals surface area contributed by atoms with Gasteiger partial charge in [-0.3, -0.25) is 9.59 Å². The van der Waals surface area contributed by atoms with Crippen LogP contribution >= 0.6 is 0 Å². The second kappa shape index (κ2) is 13.3. The molecule has 1 aromatic carbocycles. The van der Waals surface area contributed by atoms with Gasteiger partial charge in [0.2, 0.25) is 11.8 Å². The monoisotopic (exact) mass is 536 g/mol. The van der Waals surface area contributed by atoms with Crippen LogP contribution in [0.5, 0.6) is 0 Å². The van der Waals surface area contributed by atoms with Crippen LogP contribution < -0.4 is 10.2 Å². The largest absolute Gasteiger partial charge is 0.357 e. The van der Waals surface area contributed by atoms with E-state index < -0.39 is 5.41 Å². The number of anilines is 1. The van der Waals surface area contributed by atoms with Gasteiger partial charge in [0.25, 0.3) is 0 Å². The van der Waals surface area contributed by atoms with Crippen LogP contribution in [0.25, 0.3) is 0 Å². The summed E-state index contributed by atoms with van der Waals surface area (Å²) < 4.78 is 0. The maximum atomic E-state index is 13.9. The number of aromatic nitrogens is 1. The Hall–Kier alpha value is -4.11. The van der Waals surface area contributed by atoms with Gasteiger partial charge in [0.05, 0.1) is 11.5 Å². The maximum Gasteiger partial charge on any atom is 0.231 e. The third kappa shape index (κ3) is 6.37. The minimum Gasteiger partial charge on any atom is -0.357 e. The van der Waals surface area contributed by atoms with Crippen LogP contribution in [0.3, 0.4) is 0 Å². The molecule has 208 valence electrons. The van der Waals surface area contributed by atoms with E-state index in [0.29, 0.717) is 25.9 Å². The van der Waals surface area contributed by atoms with E-state index in [1.807, 2.05) is 79.4 Å². The number of carbonyl (C=O) groups is 2. The number of terminal acetylenes is 1. The smallest absolute Gasteiger partial charge is 0.231 e. The Kier molecular flexibility index (Phi) is 9.60. The quantitative estimate of drug-likeness (QED) is 0.380. The molecule has 1 aromatic heterocycles. The van der Waals surface area contributed by atoms with Crippen LogP contribution in [0, 0.1) is 18.3 Å². The third-order valence-corrected chi connectivity index (χ3v) is 8.38. The summed E-state index contributed by atoms with van der Waals surface area (Å²) >= 11 is 0. The average Bonchev–Trinajstić information content (AvgIpc) is 3.01. The van der Waals surface area contributed by atoms with Crippen LogP contribution in [0.15, 0.2) is 85.1 Å². The lowest BCUT2D eigenvalue weighted by atomic mass is 9.71. The third-order valence-electron chi connectivity index (χ3n) is 8.38. The second-order valence-corrected chi connectivity index (χ2v) is 10.7. The maximum absolute atomic E-state index is 13.9. The molecular weight excluding hydrogens is 496 g/mol. The molecular formula is C34H40N4O2. The minimum atomic E-state index is -0.674. The van der Waals surface area contributed by atoms with Gasteiger partial charge in [0.15, 0.2) is 0 Å². The van der Waals surface area contributed by atoms with Crippen molar-refractivity contribution < 1.29 is 9.59 Å². The molecule has 6 nitrogen and oxygen atoms in total. The first-order valence-corrected chi connectivity index (χ1v) is 14.2. The first kappa shape index (κ1) is 28.9. The normalized spacial score (nSPS) is 18.7. The number of piperidine rings is 2. The van der Waals surface area contributed by atoms with E-state index in [9.17, 15) is 9.59 Å². The molecule has 2 aliphatic heterocycles. The van der Waals surface area contributed by atoms with Crippen molar-refractivity contribution >= 4 is 17.6 Å². The molecule has 0 radical (unpaired) electrons. The standard InChI is InChI=1S/C34H40N4O2/c1-5-8-12-28(7-3)26(4)36-33(40)34(30-13-10-9-11-14-30)19-23-38(24-20-34)32(39)29-17-21-37(22-18-29)31-16-15-27(6-2)25-35-31/h2,5,7-16,25-26,29H,1,17-24H2,3-4H3,(H,36,40)/b12-8-,28-7+/t26-/m0/s1. The van der Waals surface area contributed by atoms with Crippen molar-refractivity contribution in [2.75, 3.05) is 31.1 Å². The van der Waals surface area contributed by atoms with E-state index in [1.54, 1.807) is 12.3 Å². The van der Waals surface area contributed by atoms with E-state index in [4.69, 9.17) is 6.42 Å². The molecule has 6 heteroatoms. The average molecular weight is 537 g/mol. The molecule has 0 bridgehead atoms. The van der Waals surface area contributed by atoms with Gasteiger partial charge >= 0.3 is 0 Å². The first-order chi connectivity index (χ1) is 19.4. The number of likely N-dealkylation sites (tertiary alicyclic amines) is 1. The first-order valence-electron chi connectivity index (χ1n) is 14.2. The van der Waals surface area contributed by atoms with Gasteiger partial charge in [-0.05, 0) is 62.8 Å². The zero-order valence-electron chi connectivity index (χ0n) is 23.7. The lowest BCUT2D eigenvalue weighted by molar-refractivity contribution is -0.140. The highest BCUT2D eigenvalue weighted by Gasteiger charge is 2.45. The van der Waals surface area contributed by atoms with Crippen molar-refractivity contribution in [2.45, 2.75) is 51.0 Å². The summed E-state index contributed by atoms with van der Waals surface area (Å²) in [6.07, 6.45) is 17.5. The molecule has 2 saturated heterocycles. The number of allylic oxidation sites excluding steroid dienone is 3. The van der Waals surface area contributed by atoms with Crippen molar-refractivity contribution in [2.24, 2.45) is 5.92 Å². The van der Waals surface area contributed by atoms with Crippen LogP contribution in [-0.4, -0.2) is 53.9 Å². The summed E-state index contributed by atoms with van der Waals surface area (Å²) in [6, 6.07) is 13.7. The number of carbonyl (C=O) groups excluding carboxylic acids is 2. The highest BCUT2D eigenvalue weighted by Crippen LogP contribution is 2.37. The number of rotatable bonds is 8. The fourth-order valence-electron chi connectivity index (χ4n) is 5.87. The van der Waals surface area contributed by atoms with Gasteiger partial charge in [0, 0.05) is 43.9 Å². The number of nitrogens with zero attached hydrogens (tertiary/aromatic N) is 3. The van der Waals surface area contributed by atoms with Gasteiger partial charge in [0.1, 0.15) is 5.82 Å². The molecule has 2 amide bonds. The van der Waals surface area contributed by atoms with Crippen molar-refractivity contribution in [3.8, 4) is 12.3 Å². The molecule has 1 atom stereocenters. The Morgan fingerprint density at radius 3 is 2.40 bits per heavy atom. The summed E-state index contributed by atoms with van der Waals surface area (Å²) in [6.45, 7) is 10.4. The van der Waals surface area contributed by atoms with Crippen molar-refractivity contribution in [1.29, 1.82) is 0 Å². The fraction of sp³-hybridized carbons (Fsp3) is 0.382. The molecule has 0 spiro atoms. The number of amides is 2. The summed E-state index contributed by atoms with van der Waals surface area (Å²) in [5, 5.41) is 3.27. The predicted molar refractivity (Wildman–Crippen MR) is 162 cm³/mol. The van der Waals surface area contributed by atoms with Crippen LogP contribution in [-0.2, 0) is 15.0 Å². The fourth-order valence-corrected chi connectivity index (χ4v) is 5.87. The predicted octanol–water partition coefficient (Wildman–Crippen LogP) is 5.03. The summed E-state index contributed by atoms with van der Waals surface area (Å²) in [4.78, 5) is 36.1. The van der Waals surface area contributed by atoms with Gasteiger partial charge in [-0.25, -0.2) is 4.98 Å². The van der Waals surface area contributed by atoms with Crippen molar-refractivity contribution in [3.63, 3.8) is 0 Å². The summed E-state index contributed by atoms with van der Waals surface area (Å²) in [7, 11) is 0. The van der Waals surface area contributed by atoms with E-state index in [2.05, 4.69) is 27.7 Å². The van der Waals surface area contributed by atoms with E-state index in [0.717, 1.165) is 48.4 Å². The number of nitrogens with one attached hydrogen (secondary N) is 1. The molecule has 2 aromatic rings. The number of pyridine rings is 1. The summed E-state index contributed by atoms with van der Waals surface area (Å²) in [5.41, 5.74) is 2.12. The molecule has 3 heterocycles. The summed E-state index contributed by atoms with van der Waals surface area (Å²) in [5.74, 6) is 3.71. The number of benzene rings is 1. The zero-order valence-corrected chi connectivity index (χ0v) is 23.7. The highest BCUT2D eigenvalue weighted by molar-refractivity contribution is 5.89. The van der Waals surface area contributed by atoms with Crippen LogP contribution in [0.4, 0.5) is 5.82 Å². The minimum absolute atomic E-state index is 0.00629. The number of hydrogen-bond donors (Lipinski definition) is 1. The molecule has 0 saturated carbocycles. The second-order valence-electron chi connectivity index (χ2n) is 10.7. The molecule has 40 heavy (non-hydrogen) atoms. The Morgan fingerprint density at radius 2 is 1.82 bits per heavy atom. The molecule has 2 aliphatic rings. The Balaban J connectivity index is 1.41. The molecule has 0 unspecified atom stereocenters.